The Morgan fingerprint density at radius 1 is 1.19 bits per heavy atom. The van der Waals surface area contributed by atoms with Gasteiger partial charge < -0.3 is 14.8 Å². The smallest absolute Gasteiger partial charge is 0.465 e. The second kappa shape index (κ2) is 4.91. The minimum Gasteiger partial charge on any atom is -0.465 e. The average Bonchev–Trinajstić information content (AvgIpc) is 2.27. The number of rotatable bonds is 3. The van der Waals surface area contributed by atoms with Crippen molar-refractivity contribution >= 4 is 24.3 Å². The van der Waals surface area contributed by atoms with Gasteiger partial charge in [0, 0.05) is 5.56 Å². The Hall–Kier alpha value is -1.66. The lowest BCUT2D eigenvalue weighted by molar-refractivity contribution is 0.0601. The van der Waals surface area contributed by atoms with Gasteiger partial charge in [-0.25, -0.2) is 4.79 Å². The zero-order valence-electron chi connectivity index (χ0n) is 8.93. The molecule has 0 spiro atoms. The van der Waals surface area contributed by atoms with E-state index < -0.39 is 13.1 Å². The fourth-order valence-corrected chi connectivity index (χ4v) is 1.24. The Labute approximate surface area is 92.8 Å². The SMILES string of the molecule is COC(=O)c1cc(B(O)O)cc(C(C)=O)c1. The second-order valence-corrected chi connectivity index (χ2v) is 3.27. The Morgan fingerprint density at radius 2 is 1.75 bits per heavy atom. The molecule has 0 aliphatic carbocycles. The van der Waals surface area contributed by atoms with Gasteiger partial charge in [0.2, 0.25) is 0 Å². The quantitative estimate of drug-likeness (QED) is 0.403. The number of ether oxygens (including phenoxy) is 1. The molecule has 0 aliphatic heterocycles. The number of Topliss-reactive ketones (excluding diaryl/α,β-unsaturated/α-hetero) is 1. The van der Waals surface area contributed by atoms with E-state index in [9.17, 15) is 9.59 Å². The number of benzene rings is 1. The maximum absolute atomic E-state index is 11.3. The first-order chi connectivity index (χ1) is 7.45. The molecule has 0 atom stereocenters. The van der Waals surface area contributed by atoms with Crippen LogP contribution in [0, 0.1) is 0 Å². The van der Waals surface area contributed by atoms with Crippen LogP contribution < -0.4 is 5.46 Å². The zero-order chi connectivity index (χ0) is 12.3. The molecule has 0 amide bonds. The normalized spacial score (nSPS) is 9.75. The molecule has 0 unspecified atom stereocenters. The van der Waals surface area contributed by atoms with E-state index in [1.807, 2.05) is 0 Å². The van der Waals surface area contributed by atoms with Crippen molar-refractivity contribution in [2.45, 2.75) is 6.92 Å². The molecule has 16 heavy (non-hydrogen) atoms. The number of methoxy groups -OCH3 is 1. The third-order valence-corrected chi connectivity index (χ3v) is 2.08. The third-order valence-electron chi connectivity index (χ3n) is 2.08. The molecule has 0 bridgehead atoms. The molecular formula is C10H11BO5. The van der Waals surface area contributed by atoms with Crippen LogP contribution in [0.2, 0.25) is 0 Å². The Morgan fingerprint density at radius 3 is 2.19 bits per heavy atom. The van der Waals surface area contributed by atoms with Crippen molar-refractivity contribution in [1.29, 1.82) is 0 Å². The van der Waals surface area contributed by atoms with Gasteiger partial charge in [-0.3, -0.25) is 4.79 Å². The lowest BCUT2D eigenvalue weighted by Crippen LogP contribution is -2.31. The van der Waals surface area contributed by atoms with Gasteiger partial charge in [-0.15, -0.1) is 0 Å². The van der Waals surface area contributed by atoms with Crippen molar-refractivity contribution in [3.05, 3.63) is 29.3 Å². The molecule has 0 saturated carbocycles. The van der Waals surface area contributed by atoms with E-state index in [1.165, 1.54) is 32.2 Å². The number of ketones is 1. The molecule has 0 aliphatic rings. The van der Waals surface area contributed by atoms with Gasteiger partial charge in [0.1, 0.15) is 0 Å². The van der Waals surface area contributed by atoms with Gasteiger partial charge in [-0.2, -0.15) is 0 Å². The zero-order valence-corrected chi connectivity index (χ0v) is 8.93. The summed E-state index contributed by atoms with van der Waals surface area (Å²) in [5.74, 6) is -0.905. The van der Waals surface area contributed by atoms with Crippen molar-refractivity contribution in [2.24, 2.45) is 0 Å². The highest BCUT2D eigenvalue weighted by Crippen LogP contribution is 2.06. The summed E-state index contributed by atoms with van der Waals surface area (Å²) in [6.07, 6.45) is 0. The Balaban J connectivity index is 3.29. The number of carbonyl (C=O) groups is 2. The van der Waals surface area contributed by atoms with Gasteiger partial charge in [-0.05, 0) is 24.5 Å². The van der Waals surface area contributed by atoms with Gasteiger partial charge in [0.25, 0.3) is 0 Å². The molecule has 1 aromatic carbocycles. The summed E-state index contributed by atoms with van der Waals surface area (Å²) in [4.78, 5) is 22.4. The van der Waals surface area contributed by atoms with E-state index in [4.69, 9.17) is 10.0 Å². The highest BCUT2D eigenvalue weighted by Gasteiger charge is 2.17. The largest absolute Gasteiger partial charge is 0.488 e. The molecule has 2 N–H and O–H groups in total. The first kappa shape index (κ1) is 12.4. The predicted octanol–water partition coefficient (Wildman–Crippen LogP) is -0.644. The van der Waals surface area contributed by atoms with Crippen LogP contribution in [-0.2, 0) is 4.74 Å². The van der Waals surface area contributed by atoms with E-state index in [2.05, 4.69) is 4.74 Å². The van der Waals surface area contributed by atoms with Crippen LogP contribution in [0.4, 0.5) is 0 Å². The molecular weight excluding hydrogens is 211 g/mol. The number of carbonyl (C=O) groups excluding carboxylic acids is 2. The van der Waals surface area contributed by atoms with Gasteiger partial charge >= 0.3 is 13.1 Å². The van der Waals surface area contributed by atoms with E-state index in [-0.39, 0.29) is 22.4 Å². The fraction of sp³-hybridized carbons (Fsp3) is 0.200. The third kappa shape index (κ3) is 2.68. The summed E-state index contributed by atoms with van der Waals surface area (Å²) in [6, 6.07) is 3.93. The summed E-state index contributed by atoms with van der Waals surface area (Å²) < 4.78 is 4.49. The molecule has 6 heteroatoms. The number of hydrogen-bond acceptors (Lipinski definition) is 5. The molecule has 84 valence electrons. The number of hydrogen-bond donors (Lipinski definition) is 2. The molecule has 1 aromatic rings. The average molecular weight is 222 g/mol. The van der Waals surface area contributed by atoms with Crippen LogP contribution in [0.25, 0.3) is 0 Å². The van der Waals surface area contributed by atoms with E-state index in [0.29, 0.717) is 0 Å². The second-order valence-electron chi connectivity index (χ2n) is 3.27. The lowest BCUT2D eigenvalue weighted by atomic mass is 9.78. The van der Waals surface area contributed by atoms with Crippen LogP contribution in [0.15, 0.2) is 18.2 Å². The Kier molecular flexibility index (Phi) is 3.81. The molecule has 0 heterocycles. The van der Waals surface area contributed by atoms with Crippen LogP contribution in [-0.4, -0.2) is 36.0 Å². The monoisotopic (exact) mass is 222 g/mol. The summed E-state index contributed by atoms with van der Waals surface area (Å²) in [7, 11) is -0.527. The molecule has 5 nitrogen and oxygen atoms in total. The van der Waals surface area contributed by atoms with E-state index >= 15 is 0 Å². The highest BCUT2D eigenvalue weighted by atomic mass is 16.5. The van der Waals surface area contributed by atoms with Gasteiger partial charge in [-0.1, -0.05) is 6.07 Å². The summed E-state index contributed by atoms with van der Waals surface area (Å²) in [5.41, 5.74) is 0.414. The van der Waals surface area contributed by atoms with Crippen LogP contribution in [0.5, 0.6) is 0 Å². The molecule has 0 radical (unpaired) electrons. The van der Waals surface area contributed by atoms with Gasteiger partial charge in [0.05, 0.1) is 12.7 Å². The topological polar surface area (TPSA) is 83.8 Å². The predicted molar refractivity (Wildman–Crippen MR) is 57.6 cm³/mol. The molecule has 0 saturated heterocycles. The maximum Gasteiger partial charge on any atom is 0.488 e. The fourth-order valence-electron chi connectivity index (χ4n) is 1.24. The van der Waals surface area contributed by atoms with E-state index in [0.717, 1.165) is 0 Å². The van der Waals surface area contributed by atoms with Crippen molar-refractivity contribution in [3.63, 3.8) is 0 Å². The van der Waals surface area contributed by atoms with Crippen LogP contribution >= 0.6 is 0 Å². The van der Waals surface area contributed by atoms with Crippen molar-refractivity contribution in [3.8, 4) is 0 Å². The van der Waals surface area contributed by atoms with Gasteiger partial charge in [0.15, 0.2) is 5.78 Å². The van der Waals surface area contributed by atoms with Crippen LogP contribution in [0.1, 0.15) is 27.6 Å². The summed E-state index contributed by atoms with van der Waals surface area (Å²) in [5, 5.41) is 18.0. The minimum absolute atomic E-state index is 0.0769. The van der Waals surface area contributed by atoms with Crippen LogP contribution in [0.3, 0.4) is 0 Å². The molecule has 0 fully saturated rings. The first-order valence-corrected chi connectivity index (χ1v) is 4.56. The standard InChI is InChI=1S/C10H11BO5/c1-6(12)7-3-8(10(13)16-2)5-9(4-7)11(14)15/h3-5,14-15H,1-2H3. The number of esters is 1. The molecule has 1 rings (SSSR count). The highest BCUT2D eigenvalue weighted by molar-refractivity contribution is 6.58. The molecule has 0 aromatic heterocycles. The van der Waals surface area contributed by atoms with Crippen molar-refractivity contribution in [1.82, 2.24) is 0 Å². The first-order valence-electron chi connectivity index (χ1n) is 4.56. The minimum atomic E-state index is -1.73. The van der Waals surface area contributed by atoms with Crippen molar-refractivity contribution < 1.29 is 24.4 Å². The summed E-state index contributed by atoms with van der Waals surface area (Å²) in [6.45, 7) is 1.32. The van der Waals surface area contributed by atoms with Crippen molar-refractivity contribution in [2.75, 3.05) is 7.11 Å². The maximum atomic E-state index is 11.3. The van der Waals surface area contributed by atoms with E-state index in [1.54, 1.807) is 0 Å². The Bertz CT molecular complexity index is 427. The summed E-state index contributed by atoms with van der Waals surface area (Å²) >= 11 is 0. The lowest BCUT2D eigenvalue weighted by Gasteiger charge is -2.06.